The summed E-state index contributed by atoms with van der Waals surface area (Å²) >= 11 is 3.24. The smallest absolute Gasteiger partial charge is 0.337 e. The van der Waals surface area contributed by atoms with Gasteiger partial charge in [0.25, 0.3) is 0 Å². The number of amides is 2. The molecule has 0 saturated carbocycles. The molecule has 0 heterocycles. The summed E-state index contributed by atoms with van der Waals surface area (Å²) in [4.78, 5) is 22.8. The number of urea groups is 1. The lowest BCUT2D eigenvalue weighted by atomic mass is 10.2. The monoisotopic (exact) mass is 358 g/mol. The quantitative estimate of drug-likeness (QED) is 0.623. The van der Waals surface area contributed by atoms with Gasteiger partial charge in [-0.05, 0) is 31.0 Å². The molecule has 6 nitrogen and oxygen atoms in total. The second-order valence-corrected chi connectivity index (χ2v) is 5.26. The second kappa shape index (κ2) is 9.36. The van der Waals surface area contributed by atoms with Crippen molar-refractivity contribution in [2.75, 3.05) is 25.1 Å². The zero-order valence-electron chi connectivity index (χ0n) is 11.8. The maximum absolute atomic E-state index is 11.7. The van der Waals surface area contributed by atoms with Gasteiger partial charge in [0.15, 0.2) is 0 Å². The van der Waals surface area contributed by atoms with Gasteiger partial charge < -0.3 is 20.5 Å². The van der Waals surface area contributed by atoms with Crippen LogP contribution in [0.1, 0.15) is 30.1 Å². The Morgan fingerprint density at radius 3 is 2.76 bits per heavy atom. The summed E-state index contributed by atoms with van der Waals surface area (Å²) in [6.07, 6.45) is 1.67. The maximum Gasteiger partial charge on any atom is 0.337 e. The standard InChI is InChI=1S/C14H19BrN2O4/c1-2-7-21-8-3-6-16-14(20)17-12-9-10(15)4-5-11(12)13(18)19/h4-5,9H,2-3,6-8H2,1H3,(H,18,19)(H2,16,17,20). The number of halogens is 1. The molecule has 0 fully saturated rings. The molecule has 0 spiro atoms. The van der Waals surface area contributed by atoms with Crippen molar-refractivity contribution in [2.24, 2.45) is 0 Å². The molecule has 0 aliphatic carbocycles. The van der Waals surface area contributed by atoms with Gasteiger partial charge in [-0.1, -0.05) is 22.9 Å². The van der Waals surface area contributed by atoms with Gasteiger partial charge in [0.1, 0.15) is 0 Å². The Balaban J connectivity index is 2.44. The van der Waals surface area contributed by atoms with E-state index in [1.165, 1.54) is 6.07 Å². The molecule has 7 heteroatoms. The second-order valence-electron chi connectivity index (χ2n) is 4.34. The van der Waals surface area contributed by atoms with Gasteiger partial charge in [-0.15, -0.1) is 0 Å². The summed E-state index contributed by atoms with van der Waals surface area (Å²) in [5.74, 6) is -1.09. The van der Waals surface area contributed by atoms with Crippen LogP contribution in [-0.2, 0) is 4.74 Å². The molecule has 2 amide bonds. The summed E-state index contributed by atoms with van der Waals surface area (Å²) < 4.78 is 5.98. The highest BCUT2D eigenvalue weighted by atomic mass is 79.9. The van der Waals surface area contributed by atoms with Crippen molar-refractivity contribution >= 4 is 33.6 Å². The van der Waals surface area contributed by atoms with Crippen LogP contribution in [0.25, 0.3) is 0 Å². The molecule has 0 saturated heterocycles. The number of nitrogens with one attached hydrogen (secondary N) is 2. The number of carbonyl (C=O) groups excluding carboxylic acids is 1. The average Bonchev–Trinajstić information content (AvgIpc) is 2.42. The van der Waals surface area contributed by atoms with Crippen molar-refractivity contribution in [3.8, 4) is 0 Å². The fourth-order valence-electron chi connectivity index (χ4n) is 1.60. The minimum Gasteiger partial charge on any atom is -0.478 e. The molecule has 116 valence electrons. The summed E-state index contributed by atoms with van der Waals surface area (Å²) in [6.45, 7) is 3.80. The number of hydrogen-bond acceptors (Lipinski definition) is 3. The number of ether oxygens (including phenoxy) is 1. The molecule has 1 aromatic carbocycles. The molecule has 3 N–H and O–H groups in total. The Labute approximate surface area is 132 Å². The van der Waals surface area contributed by atoms with Gasteiger partial charge in [0, 0.05) is 24.2 Å². The summed E-state index contributed by atoms with van der Waals surface area (Å²) in [7, 11) is 0. The third-order valence-electron chi connectivity index (χ3n) is 2.56. The molecule has 0 atom stereocenters. The Hall–Kier alpha value is -1.60. The Morgan fingerprint density at radius 1 is 1.33 bits per heavy atom. The highest BCUT2D eigenvalue weighted by molar-refractivity contribution is 9.10. The largest absolute Gasteiger partial charge is 0.478 e. The fraction of sp³-hybridized carbons (Fsp3) is 0.429. The number of carboxylic acids is 1. The van der Waals surface area contributed by atoms with Gasteiger partial charge >= 0.3 is 12.0 Å². The van der Waals surface area contributed by atoms with Crippen molar-refractivity contribution in [1.82, 2.24) is 5.32 Å². The third-order valence-corrected chi connectivity index (χ3v) is 3.05. The first-order chi connectivity index (χ1) is 10.0. The highest BCUT2D eigenvalue weighted by Gasteiger charge is 2.12. The Morgan fingerprint density at radius 2 is 2.10 bits per heavy atom. The molecule has 0 aromatic heterocycles. The average molecular weight is 359 g/mol. The molecule has 0 bridgehead atoms. The molecular weight excluding hydrogens is 340 g/mol. The Kier molecular flexibility index (Phi) is 7.78. The lowest BCUT2D eigenvalue weighted by molar-refractivity contribution is 0.0698. The zero-order chi connectivity index (χ0) is 15.7. The van der Waals surface area contributed by atoms with Crippen LogP contribution in [0, 0.1) is 0 Å². The van der Waals surface area contributed by atoms with Crippen molar-refractivity contribution < 1.29 is 19.4 Å². The number of carboxylic acid groups (broad SMARTS) is 1. The van der Waals surface area contributed by atoms with Crippen LogP contribution in [0.4, 0.5) is 10.5 Å². The summed E-state index contributed by atoms with van der Waals surface area (Å²) in [6, 6.07) is 4.15. The van der Waals surface area contributed by atoms with Crippen molar-refractivity contribution in [2.45, 2.75) is 19.8 Å². The van der Waals surface area contributed by atoms with E-state index in [0.717, 1.165) is 6.42 Å². The molecule has 1 aromatic rings. The van der Waals surface area contributed by atoms with E-state index in [9.17, 15) is 9.59 Å². The first kappa shape index (κ1) is 17.5. The van der Waals surface area contributed by atoms with E-state index < -0.39 is 12.0 Å². The number of rotatable bonds is 8. The number of anilines is 1. The molecule has 0 unspecified atom stereocenters. The predicted molar refractivity (Wildman–Crippen MR) is 83.8 cm³/mol. The van der Waals surface area contributed by atoms with E-state index in [1.807, 2.05) is 6.92 Å². The topological polar surface area (TPSA) is 87.7 Å². The molecule has 1 rings (SSSR count). The minimum atomic E-state index is -1.09. The lowest BCUT2D eigenvalue weighted by Crippen LogP contribution is -2.30. The van der Waals surface area contributed by atoms with E-state index >= 15 is 0 Å². The van der Waals surface area contributed by atoms with Crippen molar-refractivity contribution in [3.05, 3.63) is 28.2 Å². The summed E-state index contributed by atoms with van der Waals surface area (Å²) in [5, 5.41) is 14.3. The number of aromatic carboxylic acids is 1. The molecule has 21 heavy (non-hydrogen) atoms. The first-order valence-corrected chi connectivity index (χ1v) is 7.49. The van der Waals surface area contributed by atoms with Gasteiger partial charge in [-0.3, -0.25) is 0 Å². The van der Waals surface area contributed by atoms with Crippen molar-refractivity contribution in [3.63, 3.8) is 0 Å². The van der Waals surface area contributed by atoms with Crippen LogP contribution >= 0.6 is 15.9 Å². The van der Waals surface area contributed by atoms with Crippen LogP contribution in [0.2, 0.25) is 0 Å². The molecule has 0 aliphatic heterocycles. The molecular formula is C14H19BrN2O4. The van der Waals surface area contributed by atoms with Crippen LogP contribution in [0.5, 0.6) is 0 Å². The predicted octanol–water partition coefficient (Wildman–Crippen LogP) is 3.09. The van der Waals surface area contributed by atoms with Crippen LogP contribution in [0.3, 0.4) is 0 Å². The number of benzene rings is 1. The van der Waals surface area contributed by atoms with Gasteiger partial charge in [-0.25, -0.2) is 9.59 Å². The van der Waals surface area contributed by atoms with Crippen molar-refractivity contribution in [1.29, 1.82) is 0 Å². The minimum absolute atomic E-state index is 0.0413. The van der Waals surface area contributed by atoms with Crippen LogP contribution < -0.4 is 10.6 Å². The van der Waals surface area contributed by atoms with Crippen LogP contribution in [-0.4, -0.2) is 36.9 Å². The van der Waals surface area contributed by atoms with Crippen LogP contribution in [0.15, 0.2) is 22.7 Å². The van der Waals surface area contributed by atoms with E-state index in [1.54, 1.807) is 12.1 Å². The van der Waals surface area contributed by atoms with Gasteiger partial charge in [0.05, 0.1) is 11.3 Å². The number of hydrogen-bond donors (Lipinski definition) is 3. The van der Waals surface area contributed by atoms with Gasteiger partial charge in [-0.2, -0.15) is 0 Å². The molecule has 0 radical (unpaired) electrons. The van der Waals surface area contributed by atoms with E-state index in [4.69, 9.17) is 9.84 Å². The van der Waals surface area contributed by atoms with E-state index in [2.05, 4.69) is 26.6 Å². The normalized spacial score (nSPS) is 10.2. The number of carbonyl (C=O) groups is 2. The van der Waals surface area contributed by atoms with Gasteiger partial charge in [0.2, 0.25) is 0 Å². The first-order valence-electron chi connectivity index (χ1n) is 6.70. The summed E-state index contributed by atoms with van der Waals surface area (Å²) in [5.41, 5.74) is 0.288. The zero-order valence-corrected chi connectivity index (χ0v) is 13.4. The lowest BCUT2D eigenvalue weighted by Gasteiger charge is -2.10. The highest BCUT2D eigenvalue weighted by Crippen LogP contribution is 2.21. The SMILES string of the molecule is CCCOCCCNC(=O)Nc1cc(Br)ccc1C(=O)O. The van der Waals surface area contributed by atoms with E-state index in [0.29, 0.717) is 30.7 Å². The molecule has 0 aliphatic rings. The third kappa shape index (κ3) is 6.59. The maximum atomic E-state index is 11.7. The fourth-order valence-corrected chi connectivity index (χ4v) is 1.96. The Bertz CT molecular complexity index is 494. The van der Waals surface area contributed by atoms with E-state index in [-0.39, 0.29) is 11.3 Å².